The molecule has 0 aromatic carbocycles. The summed E-state index contributed by atoms with van der Waals surface area (Å²) in [5.41, 5.74) is 0.468. The van der Waals surface area contributed by atoms with E-state index in [1.54, 1.807) is 18.3 Å². The molecule has 1 unspecified atom stereocenters. The molecule has 1 aromatic heterocycles. The van der Waals surface area contributed by atoms with Gasteiger partial charge in [0.1, 0.15) is 6.10 Å². The van der Waals surface area contributed by atoms with E-state index in [1.165, 1.54) is 0 Å². The standard InChI is InChI=1S/C7H8BrNO2/c8-5-2-1-3-9-7(5)6(11)4-10/h1-3,6,10-11H,4H2. The predicted molar refractivity (Wildman–Crippen MR) is 44.0 cm³/mol. The number of aliphatic hydroxyl groups is 2. The lowest BCUT2D eigenvalue weighted by atomic mass is 10.2. The molecule has 0 bridgehead atoms. The molecule has 0 aliphatic heterocycles. The average molecular weight is 218 g/mol. The van der Waals surface area contributed by atoms with Gasteiger partial charge in [0.15, 0.2) is 0 Å². The number of aromatic nitrogens is 1. The third kappa shape index (κ3) is 1.99. The largest absolute Gasteiger partial charge is 0.393 e. The molecule has 2 N–H and O–H groups in total. The third-order valence-corrected chi connectivity index (χ3v) is 1.95. The van der Waals surface area contributed by atoms with Crippen molar-refractivity contribution in [3.63, 3.8) is 0 Å². The third-order valence-electron chi connectivity index (χ3n) is 1.28. The number of pyridine rings is 1. The molecule has 0 aliphatic rings. The SMILES string of the molecule is OCC(O)c1ncccc1Br. The molecule has 0 spiro atoms. The first kappa shape index (κ1) is 8.64. The molecule has 0 saturated carbocycles. The lowest BCUT2D eigenvalue weighted by Crippen LogP contribution is -2.05. The molecule has 60 valence electrons. The zero-order valence-electron chi connectivity index (χ0n) is 5.74. The summed E-state index contributed by atoms with van der Waals surface area (Å²) in [6, 6.07) is 3.51. The lowest BCUT2D eigenvalue weighted by Gasteiger charge is -2.06. The molecule has 0 fully saturated rings. The van der Waals surface area contributed by atoms with Gasteiger partial charge < -0.3 is 10.2 Å². The van der Waals surface area contributed by atoms with Crippen molar-refractivity contribution in [1.29, 1.82) is 0 Å². The molecule has 3 nitrogen and oxygen atoms in total. The van der Waals surface area contributed by atoms with Crippen LogP contribution in [0.1, 0.15) is 11.8 Å². The highest BCUT2D eigenvalue weighted by atomic mass is 79.9. The molecule has 1 rings (SSSR count). The zero-order valence-corrected chi connectivity index (χ0v) is 7.32. The van der Waals surface area contributed by atoms with Crippen molar-refractivity contribution in [2.24, 2.45) is 0 Å². The number of aliphatic hydroxyl groups excluding tert-OH is 2. The molecular weight excluding hydrogens is 210 g/mol. The maximum Gasteiger partial charge on any atom is 0.120 e. The van der Waals surface area contributed by atoms with Gasteiger partial charge in [-0.1, -0.05) is 0 Å². The van der Waals surface area contributed by atoms with Crippen molar-refractivity contribution in [2.75, 3.05) is 6.61 Å². The van der Waals surface area contributed by atoms with Crippen LogP contribution in [0.5, 0.6) is 0 Å². The van der Waals surface area contributed by atoms with E-state index in [2.05, 4.69) is 20.9 Å². The van der Waals surface area contributed by atoms with Crippen LogP contribution in [0.3, 0.4) is 0 Å². The minimum absolute atomic E-state index is 0.310. The van der Waals surface area contributed by atoms with Crippen molar-refractivity contribution >= 4 is 15.9 Å². The van der Waals surface area contributed by atoms with E-state index in [-0.39, 0.29) is 6.61 Å². The van der Waals surface area contributed by atoms with Crippen molar-refractivity contribution in [1.82, 2.24) is 4.98 Å². The molecule has 0 radical (unpaired) electrons. The summed E-state index contributed by atoms with van der Waals surface area (Å²) in [5, 5.41) is 17.8. The fraction of sp³-hybridized carbons (Fsp3) is 0.286. The van der Waals surface area contributed by atoms with Crippen LogP contribution >= 0.6 is 15.9 Å². The minimum atomic E-state index is -0.898. The number of hydrogen-bond acceptors (Lipinski definition) is 3. The van der Waals surface area contributed by atoms with Gasteiger partial charge in [-0.15, -0.1) is 0 Å². The Balaban J connectivity index is 2.93. The highest BCUT2D eigenvalue weighted by molar-refractivity contribution is 9.10. The molecule has 0 saturated heterocycles. The van der Waals surface area contributed by atoms with E-state index < -0.39 is 6.10 Å². The summed E-state index contributed by atoms with van der Waals surface area (Å²) >= 11 is 3.20. The van der Waals surface area contributed by atoms with E-state index in [0.29, 0.717) is 10.2 Å². The second-order valence-corrected chi connectivity index (χ2v) is 2.92. The maximum absolute atomic E-state index is 9.17. The Morgan fingerprint density at radius 1 is 1.64 bits per heavy atom. The topological polar surface area (TPSA) is 53.4 Å². The van der Waals surface area contributed by atoms with Gasteiger partial charge in [0.25, 0.3) is 0 Å². The van der Waals surface area contributed by atoms with Crippen molar-refractivity contribution in [3.8, 4) is 0 Å². The fourth-order valence-electron chi connectivity index (χ4n) is 0.730. The normalized spacial score (nSPS) is 13.0. The quantitative estimate of drug-likeness (QED) is 0.774. The van der Waals surface area contributed by atoms with Crippen LogP contribution in [0.2, 0.25) is 0 Å². The Bertz CT molecular complexity index is 242. The first-order valence-corrected chi connectivity index (χ1v) is 3.94. The summed E-state index contributed by atoms with van der Waals surface area (Å²) in [6.07, 6.45) is 0.671. The van der Waals surface area contributed by atoms with Crippen LogP contribution in [-0.4, -0.2) is 21.8 Å². The fourth-order valence-corrected chi connectivity index (χ4v) is 1.25. The Hall–Kier alpha value is -0.450. The molecule has 4 heteroatoms. The van der Waals surface area contributed by atoms with Gasteiger partial charge in [0, 0.05) is 10.7 Å². The van der Waals surface area contributed by atoms with Crippen molar-refractivity contribution in [3.05, 3.63) is 28.5 Å². The summed E-state index contributed by atoms with van der Waals surface area (Å²) in [6.45, 7) is -0.310. The van der Waals surface area contributed by atoms with E-state index in [0.717, 1.165) is 0 Å². The first-order chi connectivity index (χ1) is 5.25. The van der Waals surface area contributed by atoms with E-state index in [4.69, 9.17) is 10.2 Å². The monoisotopic (exact) mass is 217 g/mol. The van der Waals surface area contributed by atoms with Gasteiger partial charge in [-0.3, -0.25) is 4.98 Å². The Kier molecular flexibility index (Phi) is 2.99. The second-order valence-electron chi connectivity index (χ2n) is 2.07. The summed E-state index contributed by atoms with van der Waals surface area (Å²) < 4.78 is 0.710. The first-order valence-electron chi connectivity index (χ1n) is 3.15. The number of rotatable bonds is 2. The molecular formula is C7H8BrNO2. The maximum atomic E-state index is 9.17. The van der Waals surface area contributed by atoms with Gasteiger partial charge in [0.2, 0.25) is 0 Å². The number of nitrogens with zero attached hydrogens (tertiary/aromatic N) is 1. The van der Waals surface area contributed by atoms with Crippen LogP contribution in [0.4, 0.5) is 0 Å². The number of halogens is 1. The molecule has 1 aromatic rings. The Morgan fingerprint density at radius 3 is 2.91 bits per heavy atom. The predicted octanol–water partition coefficient (Wildman–Crippen LogP) is 0.870. The number of hydrogen-bond donors (Lipinski definition) is 2. The van der Waals surface area contributed by atoms with Gasteiger partial charge in [-0.2, -0.15) is 0 Å². The van der Waals surface area contributed by atoms with E-state index in [9.17, 15) is 0 Å². The highest BCUT2D eigenvalue weighted by Crippen LogP contribution is 2.19. The smallest absolute Gasteiger partial charge is 0.120 e. The van der Waals surface area contributed by atoms with Crippen molar-refractivity contribution in [2.45, 2.75) is 6.10 Å². The summed E-state index contributed by atoms with van der Waals surface area (Å²) in [7, 11) is 0. The van der Waals surface area contributed by atoms with Crippen LogP contribution < -0.4 is 0 Å². The van der Waals surface area contributed by atoms with Gasteiger partial charge in [-0.05, 0) is 28.1 Å². The average Bonchev–Trinajstić information content (AvgIpc) is 2.04. The highest BCUT2D eigenvalue weighted by Gasteiger charge is 2.09. The van der Waals surface area contributed by atoms with Crippen LogP contribution in [-0.2, 0) is 0 Å². The molecule has 11 heavy (non-hydrogen) atoms. The molecule has 1 heterocycles. The molecule has 0 amide bonds. The lowest BCUT2D eigenvalue weighted by molar-refractivity contribution is 0.0917. The van der Waals surface area contributed by atoms with Gasteiger partial charge in [-0.25, -0.2) is 0 Å². The molecule has 0 aliphatic carbocycles. The Labute approximate surface area is 72.8 Å². The summed E-state index contributed by atoms with van der Waals surface area (Å²) in [5.74, 6) is 0. The van der Waals surface area contributed by atoms with Gasteiger partial charge in [0.05, 0.1) is 12.3 Å². The zero-order chi connectivity index (χ0) is 8.27. The van der Waals surface area contributed by atoms with Crippen molar-refractivity contribution < 1.29 is 10.2 Å². The summed E-state index contributed by atoms with van der Waals surface area (Å²) in [4.78, 5) is 3.89. The van der Waals surface area contributed by atoms with Crippen LogP contribution in [0.25, 0.3) is 0 Å². The van der Waals surface area contributed by atoms with Crippen LogP contribution in [0.15, 0.2) is 22.8 Å². The van der Waals surface area contributed by atoms with E-state index in [1.807, 2.05) is 0 Å². The Morgan fingerprint density at radius 2 is 2.36 bits per heavy atom. The molecule has 1 atom stereocenters. The van der Waals surface area contributed by atoms with E-state index >= 15 is 0 Å². The second kappa shape index (κ2) is 3.80. The van der Waals surface area contributed by atoms with Gasteiger partial charge >= 0.3 is 0 Å². The minimum Gasteiger partial charge on any atom is -0.393 e. The van der Waals surface area contributed by atoms with Crippen LogP contribution in [0, 0.1) is 0 Å².